The number of benzene rings is 2. The van der Waals surface area contributed by atoms with Crippen LogP contribution in [0.5, 0.6) is 5.75 Å². The van der Waals surface area contributed by atoms with Gasteiger partial charge in [-0.25, -0.2) is 4.79 Å². The topological polar surface area (TPSA) is 66.8 Å². The second-order valence-corrected chi connectivity index (χ2v) is 5.12. The van der Waals surface area contributed by atoms with E-state index in [-0.39, 0.29) is 11.5 Å². The molecular weight excluding hydrogens is 294 g/mol. The van der Waals surface area contributed by atoms with Gasteiger partial charge in [0.15, 0.2) is 0 Å². The molecule has 1 aliphatic heterocycles. The van der Waals surface area contributed by atoms with Gasteiger partial charge in [-0.15, -0.1) is 0 Å². The Balaban J connectivity index is 2.01. The van der Waals surface area contributed by atoms with Gasteiger partial charge in [0.05, 0.1) is 18.7 Å². The van der Waals surface area contributed by atoms with Gasteiger partial charge in [0, 0.05) is 11.8 Å². The summed E-state index contributed by atoms with van der Waals surface area (Å²) in [5.74, 6) is -0.727. The lowest BCUT2D eigenvalue weighted by Gasteiger charge is -2.42. The Morgan fingerprint density at radius 1 is 1.13 bits per heavy atom. The van der Waals surface area contributed by atoms with Crippen LogP contribution in [0.25, 0.3) is 0 Å². The summed E-state index contributed by atoms with van der Waals surface area (Å²) in [6.45, 7) is 0. The smallest absolute Gasteiger partial charge is 0.328 e. The molecule has 116 valence electrons. The number of hydrogen-bond acceptors (Lipinski definition) is 3. The molecule has 2 aromatic rings. The lowest BCUT2D eigenvalue weighted by Crippen LogP contribution is -2.49. The Morgan fingerprint density at radius 2 is 1.78 bits per heavy atom. The maximum Gasteiger partial charge on any atom is 0.328 e. The molecule has 2 aromatic carbocycles. The molecule has 1 amide bonds. The van der Waals surface area contributed by atoms with Gasteiger partial charge >= 0.3 is 5.97 Å². The molecule has 5 heteroatoms. The van der Waals surface area contributed by atoms with Crippen molar-refractivity contribution in [3.05, 3.63) is 71.8 Å². The van der Waals surface area contributed by atoms with Crippen LogP contribution in [0, 0.1) is 0 Å². The lowest BCUT2D eigenvalue weighted by atomic mass is 9.87. The molecule has 0 spiro atoms. The maximum absolute atomic E-state index is 12.4. The number of β-lactam (4-membered cyclic amide) rings is 1. The summed E-state index contributed by atoms with van der Waals surface area (Å²) in [7, 11) is 1.57. The predicted molar refractivity (Wildman–Crippen MR) is 85.4 cm³/mol. The molecule has 1 N–H and O–H groups in total. The van der Waals surface area contributed by atoms with Gasteiger partial charge in [-0.1, -0.05) is 30.3 Å². The monoisotopic (exact) mass is 309 g/mol. The van der Waals surface area contributed by atoms with Crippen LogP contribution in [0.1, 0.15) is 11.6 Å². The first-order valence-corrected chi connectivity index (χ1v) is 7.09. The summed E-state index contributed by atoms with van der Waals surface area (Å²) >= 11 is 0. The molecule has 3 rings (SSSR count). The first kappa shape index (κ1) is 14.8. The molecule has 1 heterocycles. The van der Waals surface area contributed by atoms with Crippen LogP contribution in [0.2, 0.25) is 0 Å². The summed E-state index contributed by atoms with van der Waals surface area (Å²) in [6.07, 6.45) is 0.986. The molecule has 0 aromatic heterocycles. The molecule has 1 saturated heterocycles. The van der Waals surface area contributed by atoms with Gasteiger partial charge in [-0.3, -0.25) is 9.69 Å². The second kappa shape index (κ2) is 5.96. The van der Waals surface area contributed by atoms with Crippen molar-refractivity contribution in [2.45, 2.75) is 6.04 Å². The van der Waals surface area contributed by atoms with E-state index in [0.717, 1.165) is 11.6 Å². The first-order valence-electron chi connectivity index (χ1n) is 7.09. The predicted octanol–water partition coefficient (Wildman–Crippen LogP) is 2.79. The van der Waals surface area contributed by atoms with Crippen molar-refractivity contribution in [1.29, 1.82) is 0 Å². The zero-order chi connectivity index (χ0) is 16.4. The van der Waals surface area contributed by atoms with E-state index in [0.29, 0.717) is 11.4 Å². The molecule has 1 fully saturated rings. The van der Waals surface area contributed by atoms with Gasteiger partial charge in [-0.05, 0) is 29.8 Å². The van der Waals surface area contributed by atoms with E-state index in [2.05, 4.69) is 0 Å². The highest BCUT2D eigenvalue weighted by Crippen LogP contribution is 2.43. The Labute approximate surface area is 133 Å². The Morgan fingerprint density at radius 3 is 2.35 bits per heavy atom. The highest BCUT2D eigenvalue weighted by molar-refractivity contribution is 6.17. The van der Waals surface area contributed by atoms with E-state index in [1.54, 1.807) is 36.3 Å². The van der Waals surface area contributed by atoms with Gasteiger partial charge in [0.2, 0.25) is 0 Å². The largest absolute Gasteiger partial charge is 0.497 e. The summed E-state index contributed by atoms with van der Waals surface area (Å²) in [5.41, 5.74) is 1.85. The van der Waals surface area contributed by atoms with Gasteiger partial charge < -0.3 is 9.84 Å². The van der Waals surface area contributed by atoms with Crippen molar-refractivity contribution in [3.8, 4) is 5.75 Å². The number of carbonyl (C=O) groups excluding carboxylic acids is 1. The molecule has 0 radical (unpaired) electrons. The summed E-state index contributed by atoms with van der Waals surface area (Å²) in [5, 5.41) is 8.99. The highest BCUT2D eigenvalue weighted by Gasteiger charge is 2.44. The third-order valence-corrected chi connectivity index (χ3v) is 3.76. The van der Waals surface area contributed by atoms with Crippen molar-refractivity contribution in [2.75, 3.05) is 12.0 Å². The third kappa shape index (κ3) is 2.68. The summed E-state index contributed by atoms with van der Waals surface area (Å²) in [6, 6.07) is 16.1. The molecule has 0 saturated carbocycles. The van der Waals surface area contributed by atoms with Crippen molar-refractivity contribution in [3.63, 3.8) is 0 Å². The number of carbonyl (C=O) groups is 2. The van der Waals surface area contributed by atoms with Gasteiger partial charge in [0.1, 0.15) is 5.75 Å². The van der Waals surface area contributed by atoms with Crippen molar-refractivity contribution < 1.29 is 19.4 Å². The summed E-state index contributed by atoms with van der Waals surface area (Å²) in [4.78, 5) is 25.0. The second-order valence-electron chi connectivity index (χ2n) is 5.12. The van der Waals surface area contributed by atoms with Crippen LogP contribution in [0.3, 0.4) is 0 Å². The van der Waals surface area contributed by atoms with Crippen LogP contribution < -0.4 is 9.64 Å². The van der Waals surface area contributed by atoms with E-state index < -0.39 is 12.0 Å². The maximum atomic E-state index is 12.4. The number of rotatable bonds is 4. The van der Waals surface area contributed by atoms with Crippen LogP contribution in [-0.4, -0.2) is 24.1 Å². The summed E-state index contributed by atoms with van der Waals surface area (Å²) < 4.78 is 5.12. The molecule has 5 nitrogen and oxygen atoms in total. The molecule has 0 bridgehead atoms. The number of amides is 1. The van der Waals surface area contributed by atoms with Gasteiger partial charge in [-0.2, -0.15) is 0 Å². The minimum absolute atomic E-state index is 0.277. The van der Waals surface area contributed by atoms with E-state index in [9.17, 15) is 9.59 Å². The molecular formula is C18H15NO4. The number of hydrogen-bond donors (Lipinski definition) is 1. The zero-order valence-corrected chi connectivity index (χ0v) is 12.5. The zero-order valence-electron chi connectivity index (χ0n) is 12.5. The first-order chi connectivity index (χ1) is 11.1. The average Bonchev–Trinajstić information content (AvgIpc) is 2.58. The molecule has 1 aliphatic rings. The molecule has 0 aliphatic carbocycles. The van der Waals surface area contributed by atoms with Crippen LogP contribution in [-0.2, 0) is 9.59 Å². The minimum atomic E-state index is -1.12. The lowest BCUT2D eigenvalue weighted by molar-refractivity contribution is -0.132. The van der Waals surface area contributed by atoms with E-state index in [1.165, 1.54) is 0 Å². The quantitative estimate of drug-likeness (QED) is 0.696. The Bertz CT molecular complexity index is 765. The number of nitrogens with zero attached hydrogens (tertiary/aromatic N) is 1. The highest BCUT2D eigenvalue weighted by atomic mass is 16.5. The Kier molecular flexibility index (Phi) is 3.85. The standard InChI is InChI=1S/C18H15NO4/c1-23-14-9-7-13(8-10-14)19-17(12-5-3-2-4-6-12)15(18(19)22)11-16(20)21/h2-11,17H,1H3,(H,20,21)/b15-11+. The number of carboxylic acid groups (broad SMARTS) is 1. The SMILES string of the molecule is COc1ccc(N2C(=O)/C(=C/C(=O)O)C2c2ccccc2)cc1. The van der Waals surface area contributed by atoms with E-state index in [4.69, 9.17) is 9.84 Å². The minimum Gasteiger partial charge on any atom is -0.497 e. The number of carboxylic acids is 1. The van der Waals surface area contributed by atoms with Crippen molar-refractivity contribution in [2.24, 2.45) is 0 Å². The van der Waals surface area contributed by atoms with E-state index >= 15 is 0 Å². The molecule has 23 heavy (non-hydrogen) atoms. The van der Waals surface area contributed by atoms with Crippen molar-refractivity contribution >= 4 is 17.6 Å². The third-order valence-electron chi connectivity index (χ3n) is 3.76. The fourth-order valence-corrected chi connectivity index (χ4v) is 2.69. The van der Waals surface area contributed by atoms with Crippen LogP contribution >= 0.6 is 0 Å². The van der Waals surface area contributed by atoms with Crippen molar-refractivity contribution in [1.82, 2.24) is 0 Å². The number of ether oxygens (including phenoxy) is 1. The van der Waals surface area contributed by atoms with Crippen LogP contribution in [0.15, 0.2) is 66.2 Å². The fourth-order valence-electron chi connectivity index (χ4n) is 2.69. The molecule has 1 atom stereocenters. The fraction of sp³-hybridized carbons (Fsp3) is 0.111. The van der Waals surface area contributed by atoms with E-state index in [1.807, 2.05) is 30.3 Å². The number of anilines is 1. The Hall–Kier alpha value is -3.08. The van der Waals surface area contributed by atoms with Gasteiger partial charge in [0.25, 0.3) is 5.91 Å². The average molecular weight is 309 g/mol. The normalized spacial score (nSPS) is 18.7. The number of aliphatic carboxylic acids is 1. The number of methoxy groups -OCH3 is 1. The van der Waals surface area contributed by atoms with Crippen LogP contribution in [0.4, 0.5) is 5.69 Å². The molecule has 1 unspecified atom stereocenters.